The summed E-state index contributed by atoms with van der Waals surface area (Å²) in [6.07, 6.45) is 2.21. The first-order valence-corrected chi connectivity index (χ1v) is 8.85. The number of piperazine rings is 1. The maximum absolute atomic E-state index is 11.6. The molecule has 1 saturated heterocycles. The van der Waals surface area contributed by atoms with Crippen LogP contribution in [-0.2, 0) is 10.0 Å². The molecule has 2 unspecified atom stereocenters. The molecule has 0 aromatic heterocycles. The summed E-state index contributed by atoms with van der Waals surface area (Å²) >= 11 is 0. The number of fused-ring (bicyclic) bond motifs is 1. The summed E-state index contributed by atoms with van der Waals surface area (Å²) in [5.74, 6) is 0. The third kappa shape index (κ3) is 2.48. The number of hydrogen-bond acceptors (Lipinski definition) is 4. The average Bonchev–Trinajstić information content (AvgIpc) is 2.76. The molecule has 2 aliphatic rings. The fourth-order valence-corrected chi connectivity index (χ4v) is 4.17. The molecule has 20 heavy (non-hydrogen) atoms. The van der Waals surface area contributed by atoms with E-state index in [0.717, 1.165) is 19.5 Å². The van der Waals surface area contributed by atoms with Crippen LogP contribution in [0.25, 0.3) is 0 Å². The van der Waals surface area contributed by atoms with Gasteiger partial charge in [0, 0.05) is 38.3 Å². The third-order valence-electron chi connectivity index (χ3n) is 4.41. The van der Waals surface area contributed by atoms with Crippen LogP contribution in [-0.4, -0.2) is 50.1 Å². The Hall–Kier alpha value is -0.950. The highest BCUT2D eigenvalue weighted by Gasteiger charge is 2.35. The van der Waals surface area contributed by atoms with Crippen molar-refractivity contribution in [3.63, 3.8) is 0 Å². The Bertz CT molecular complexity index is 594. The molecular formula is C14H21N3O2S. The van der Waals surface area contributed by atoms with Gasteiger partial charge in [-0.2, -0.15) is 4.31 Å². The van der Waals surface area contributed by atoms with Crippen molar-refractivity contribution < 1.29 is 8.42 Å². The number of nitrogens with two attached hydrogens (primary N) is 1. The zero-order valence-corrected chi connectivity index (χ0v) is 12.5. The summed E-state index contributed by atoms with van der Waals surface area (Å²) in [5, 5.41) is 0. The van der Waals surface area contributed by atoms with Crippen molar-refractivity contribution >= 4 is 10.0 Å². The van der Waals surface area contributed by atoms with Crippen LogP contribution in [0.4, 0.5) is 0 Å². The molecule has 0 radical (unpaired) electrons. The minimum absolute atomic E-state index is 0.101. The van der Waals surface area contributed by atoms with Crippen LogP contribution in [0.5, 0.6) is 0 Å². The van der Waals surface area contributed by atoms with Gasteiger partial charge < -0.3 is 5.73 Å². The van der Waals surface area contributed by atoms with Crippen molar-refractivity contribution in [1.82, 2.24) is 9.21 Å². The van der Waals surface area contributed by atoms with E-state index in [1.165, 1.54) is 17.4 Å². The van der Waals surface area contributed by atoms with Crippen LogP contribution in [0, 0.1) is 0 Å². The monoisotopic (exact) mass is 295 g/mol. The molecule has 1 aromatic rings. The maximum Gasteiger partial charge on any atom is 0.211 e. The highest BCUT2D eigenvalue weighted by Crippen LogP contribution is 2.41. The molecule has 0 spiro atoms. The second kappa shape index (κ2) is 5.11. The van der Waals surface area contributed by atoms with Gasteiger partial charge in [-0.25, -0.2) is 8.42 Å². The molecule has 0 bridgehead atoms. The molecule has 0 saturated carbocycles. The molecule has 1 fully saturated rings. The van der Waals surface area contributed by atoms with Gasteiger partial charge >= 0.3 is 0 Å². The van der Waals surface area contributed by atoms with Crippen molar-refractivity contribution in [2.75, 3.05) is 32.4 Å². The summed E-state index contributed by atoms with van der Waals surface area (Å²) < 4.78 is 24.7. The SMILES string of the molecule is CS(=O)(=O)N1CCN(C2CC(N)c3ccccc32)CC1. The molecule has 5 nitrogen and oxygen atoms in total. The number of hydrogen-bond donors (Lipinski definition) is 1. The van der Waals surface area contributed by atoms with E-state index in [-0.39, 0.29) is 6.04 Å². The van der Waals surface area contributed by atoms with Crippen LogP contribution in [0.1, 0.15) is 29.6 Å². The Morgan fingerprint density at radius 3 is 2.30 bits per heavy atom. The summed E-state index contributed by atoms with van der Waals surface area (Å²) in [5.41, 5.74) is 8.76. The van der Waals surface area contributed by atoms with Gasteiger partial charge in [-0.3, -0.25) is 4.90 Å². The van der Waals surface area contributed by atoms with Crippen LogP contribution < -0.4 is 5.73 Å². The van der Waals surface area contributed by atoms with Crippen molar-refractivity contribution in [3.05, 3.63) is 35.4 Å². The largest absolute Gasteiger partial charge is 0.324 e. The second-order valence-corrected chi connectivity index (χ2v) is 7.67. The summed E-state index contributed by atoms with van der Waals surface area (Å²) in [6, 6.07) is 8.77. The highest BCUT2D eigenvalue weighted by atomic mass is 32.2. The van der Waals surface area contributed by atoms with Gasteiger partial charge in [0.1, 0.15) is 0 Å². The molecule has 1 heterocycles. The molecule has 2 atom stereocenters. The smallest absolute Gasteiger partial charge is 0.211 e. The lowest BCUT2D eigenvalue weighted by Crippen LogP contribution is -2.49. The Balaban J connectivity index is 1.74. The molecule has 110 valence electrons. The Kier molecular flexibility index (Phi) is 3.58. The number of benzene rings is 1. The van der Waals surface area contributed by atoms with E-state index in [2.05, 4.69) is 23.1 Å². The van der Waals surface area contributed by atoms with E-state index in [1.807, 2.05) is 6.07 Å². The average molecular weight is 295 g/mol. The summed E-state index contributed by atoms with van der Waals surface area (Å²) in [7, 11) is -3.06. The minimum atomic E-state index is -3.06. The lowest BCUT2D eigenvalue weighted by Gasteiger charge is -2.37. The van der Waals surface area contributed by atoms with E-state index >= 15 is 0 Å². The fourth-order valence-electron chi connectivity index (χ4n) is 3.34. The first-order chi connectivity index (χ1) is 9.47. The number of rotatable bonds is 2. The normalized spacial score (nSPS) is 28.5. The van der Waals surface area contributed by atoms with E-state index in [1.54, 1.807) is 4.31 Å². The number of sulfonamides is 1. The van der Waals surface area contributed by atoms with Gasteiger partial charge in [-0.1, -0.05) is 24.3 Å². The van der Waals surface area contributed by atoms with E-state index in [9.17, 15) is 8.42 Å². The molecule has 1 aliphatic carbocycles. The van der Waals surface area contributed by atoms with Crippen LogP contribution in [0.15, 0.2) is 24.3 Å². The highest BCUT2D eigenvalue weighted by molar-refractivity contribution is 7.88. The van der Waals surface area contributed by atoms with Crippen LogP contribution in [0.2, 0.25) is 0 Å². The standard InChI is InChI=1S/C14H21N3O2S/c1-20(18,19)17-8-6-16(7-9-17)14-10-13(15)11-4-2-3-5-12(11)14/h2-5,13-14H,6-10,15H2,1H3. The van der Waals surface area contributed by atoms with Crippen molar-refractivity contribution in [2.24, 2.45) is 5.73 Å². The third-order valence-corrected chi connectivity index (χ3v) is 5.72. The maximum atomic E-state index is 11.6. The number of nitrogens with zero attached hydrogens (tertiary/aromatic N) is 2. The Morgan fingerprint density at radius 2 is 1.70 bits per heavy atom. The Morgan fingerprint density at radius 1 is 1.10 bits per heavy atom. The predicted octanol–water partition coefficient (Wildman–Crippen LogP) is 0.708. The zero-order valence-electron chi connectivity index (χ0n) is 11.7. The quantitative estimate of drug-likeness (QED) is 0.872. The molecule has 6 heteroatoms. The van der Waals surface area contributed by atoms with Crippen molar-refractivity contribution in [2.45, 2.75) is 18.5 Å². The molecule has 1 aromatic carbocycles. The van der Waals surface area contributed by atoms with Crippen LogP contribution >= 0.6 is 0 Å². The van der Waals surface area contributed by atoms with Crippen molar-refractivity contribution in [3.8, 4) is 0 Å². The van der Waals surface area contributed by atoms with Crippen molar-refractivity contribution in [1.29, 1.82) is 0 Å². The predicted molar refractivity (Wildman–Crippen MR) is 78.7 cm³/mol. The van der Waals surface area contributed by atoms with E-state index in [4.69, 9.17) is 5.73 Å². The van der Waals surface area contributed by atoms with Crippen LogP contribution in [0.3, 0.4) is 0 Å². The summed E-state index contributed by atoms with van der Waals surface area (Å²) in [4.78, 5) is 2.37. The first-order valence-electron chi connectivity index (χ1n) is 7.00. The Labute approximate surface area is 120 Å². The molecule has 1 aliphatic heterocycles. The zero-order chi connectivity index (χ0) is 14.3. The van der Waals surface area contributed by atoms with Gasteiger partial charge in [-0.15, -0.1) is 0 Å². The van der Waals surface area contributed by atoms with E-state index in [0.29, 0.717) is 19.1 Å². The lowest BCUT2D eigenvalue weighted by atomic mass is 10.1. The first kappa shape index (κ1) is 14.0. The molecule has 2 N–H and O–H groups in total. The molecule has 3 rings (SSSR count). The van der Waals surface area contributed by atoms with Gasteiger partial charge in [-0.05, 0) is 17.5 Å². The van der Waals surface area contributed by atoms with Gasteiger partial charge in [0.05, 0.1) is 6.26 Å². The minimum Gasteiger partial charge on any atom is -0.324 e. The second-order valence-electron chi connectivity index (χ2n) is 5.68. The van der Waals surface area contributed by atoms with E-state index < -0.39 is 10.0 Å². The molecular weight excluding hydrogens is 274 g/mol. The molecule has 0 amide bonds. The topological polar surface area (TPSA) is 66.6 Å². The van der Waals surface area contributed by atoms with Gasteiger partial charge in [0.15, 0.2) is 0 Å². The summed E-state index contributed by atoms with van der Waals surface area (Å²) in [6.45, 7) is 2.71. The fraction of sp³-hybridized carbons (Fsp3) is 0.571. The van der Waals surface area contributed by atoms with Gasteiger partial charge in [0.2, 0.25) is 10.0 Å². The lowest BCUT2D eigenvalue weighted by molar-refractivity contribution is 0.134. The van der Waals surface area contributed by atoms with Gasteiger partial charge in [0.25, 0.3) is 0 Å².